The predicted octanol–water partition coefficient (Wildman–Crippen LogP) is 0.607. The molecule has 0 spiro atoms. The summed E-state index contributed by atoms with van der Waals surface area (Å²) < 4.78 is 0. The van der Waals surface area contributed by atoms with Crippen molar-refractivity contribution in [3.8, 4) is 0 Å². The van der Waals surface area contributed by atoms with E-state index in [0.29, 0.717) is 0 Å². The number of nitrogens with zero attached hydrogens (tertiary/aromatic N) is 2. The quantitative estimate of drug-likeness (QED) is 0.758. The molecule has 6 nitrogen and oxygen atoms in total. The van der Waals surface area contributed by atoms with Crippen molar-refractivity contribution >= 4 is 23.6 Å². The molecule has 0 saturated carbocycles. The summed E-state index contributed by atoms with van der Waals surface area (Å²) in [6, 6.07) is -0.639. The van der Waals surface area contributed by atoms with E-state index < -0.39 is 17.9 Å². The summed E-state index contributed by atoms with van der Waals surface area (Å²) in [6.45, 7) is 1.94. The van der Waals surface area contributed by atoms with Crippen molar-refractivity contribution in [2.75, 3.05) is 6.54 Å². The van der Waals surface area contributed by atoms with E-state index in [-0.39, 0.29) is 23.7 Å². The molecule has 2 aliphatic rings. The Morgan fingerprint density at radius 3 is 2.82 bits per heavy atom. The Labute approximate surface area is 96.9 Å². The molecule has 1 N–H and O–H groups in total. The van der Waals surface area contributed by atoms with Crippen molar-refractivity contribution in [2.24, 2.45) is 10.9 Å². The molecule has 0 radical (unpaired) electrons. The Kier molecular flexibility index (Phi) is 2.63. The molecule has 1 aliphatic heterocycles. The molecule has 0 bridgehead atoms. The Hall–Kier alpha value is -2.24. The fourth-order valence-corrected chi connectivity index (χ4v) is 1.76. The lowest BCUT2D eigenvalue weighted by Gasteiger charge is -2.27. The van der Waals surface area contributed by atoms with Crippen molar-refractivity contribution in [3.05, 3.63) is 23.8 Å². The molecule has 0 aromatic heterocycles. The van der Waals surface area contributed by atoms with E-state index in [1.54, 1.807) is 6.92 Å². The normalized spacial score (nSPS) is 23.1. The van der Waals surface area contributed by atoms with Crippen LogP contribution in [0.3, 0.4) is 0 Å². The topological polar surface area (TPSA) is 87.0 Å². The van der Waals surface area contributed by atoms with Crippen molar-refractivity contribution in [1.29, 1.82) is 0 Å². The maximum Gasteiger partial charge on any atom is 0.350 e. The number of amides is 3. The van der Waals surface area contributed by atoms with Crippen LogP contribution in [-0.4, -0.2) is 40.2 Å². The van der Waals surface area contributed by atoms with Crippen LogP contribution in [0.25, 0.3) is 0 Å². The van der Waals surface area contributed by atoms with Crippen LogP contribution in [-0.2, 0) is 9.59 Å². The first-order chi connectivity index (χ1) is 8.04. The number of carbonyl (C=O) groups excluding carboxylic acids is 2. The maximum atomic E-state index is 11.9. The number of fused-ring (bicyclic) bond motifs is 1. The highest BCUT2D eigenvalue weighted by molar-refractivity contribution is 6.23. The van der Waals surface area contributed by atoms with Gasteiger partial charge < -0.3 is 5.11 Å². The number of allylic oxidation sites excluding steroid dienone is 1. The second kappa shape index (κ2) is 3.97. The van der Waals surface area contributed by atoms with Crippen LogP contribution in [0.4, 0.5) is 4.79 Å². The second-order valence-corrected chi connectivity index (χ2v) is 3.64. The van der Waals surface area contributed by atoms with E-state index in [2.05, 4.69) is 4.99 Å². The molecule has 1 aliphatic carbocycles. The van der Waals surface area contributed by atoms with Gasteiger partial charge in [0.25, 0.3) is 0 Å². The Morgan fingerprint density at radius 2 is 2.24 bits per heavy atom. The largest absolute Gasteiger partial charge is 0.478 e. The molecule has 6 heteroatoms. The van der Waals surface area contributed by atoms with Gasteiger partial charge in [-0.3, -0.25) is 9.69 Å². The molecule has 2 rings (SSSR count). The summed E-state index contributed by atoms with van der Waals surface area (Å²) in [5.74, 6) is -2.12. The smallest absolute Gasteiger partial charge is 0.350 e. The molecule has 17 heavy (non-hydrogen) atoms. The van der Waals surface area contributed by atoms with Crippen LogP contribution >= 0.6 is 0 Å². The third-order valence-corrected chi connectivity index (χ3v) is 2.64. The molecular weight excluding hydrogens is 224 g/mol. The molecule has 1 unspecified atom stereocenters. The van der Waals surface area contributed by atoms with Crippen molar-refractivity contribution in [2.45, 2.75) is 6.92 Å². The standard InChI is InChI=1S/C11H10N2O4/c1-2-13-9(14)7-4-3-6(10(15)16)5-8(7)12-11(13)17/h3-5,7H,2H2,1H3,(H,15,16). The van der Waals surface area contributed by atoms with Crippen LogP contribution in [0.1, 0.15) is 6.92 Å². The molecule has 0 aromatic carbocycles. The lowest BCUT2D eigenvalue weighted by molar-refractivity contribution is -0.132. The van der Waals surface area contributed by atoms with E-state index in [9.17, 15) is 14.4 Å². The summed E-state index contributed by atoms with van der Waals surface area (Å²) in [5.41, 5.74) is 0.218. The Bertz CT molecular complexity index is 502. The molecule has 1 heterocycles. The number of hydrogen-bond acceptors (Lipinski definition) is 3. The van der Waals surface area contributed by atoms with E-state index in [0.717, 1.165) is 4.90 Å². The highest BCUT2D eigenvalue weighted by Crippen LogP contribution is 2.21. The minimum Gasteiger partial charge on any atom is -0.478 e. The molecular formula is C11H10N2O4. The fraction of sp³-hybridized carbons (Fsp3) is 0.273. The minimum atomic E-state index is -1.11. The summed E-state index contributed by atoms with van der Waals surface area (Å²) in [6.07, 6.45) is 4.07. The first-order valence-corrected chi connectivity index (χ1v) is 5.11. The van der Waals surface area contributed by atoms with E-state index >= 15 is 0 Å². The highest BCUT2D eigenvalue weighted by atomic mass is 16.4. The van der Waals surface area contributed by atoms with Gasteiger partial charge in [-0.2, -0.15) is 4.99 Å². The van der Waals surface area contributed by atoms with Crippen LogP contribution in [0, 0.1) is 5.92 Å². The summed E-state index contributed by atoms with van der Waals surface area (Å²) in [7, 11) is 0. The summed E-state index contributed by atoms with van der Waals surface area (Å²) >= 11 is 0. The number of carboxylic acid groups (broad SMARTS) is 1. The highest BCUT2D eigenvalue weighted by Gasteiger charge is 2.35. The van der Waals surface area contributed by atoms with Crippen LogP contribution < -0.4 is 0 Å². The van der Waals surface area contributed by atoms with Gasteiger partial charge in [-0.1, -0.05) is 12.2 Å². The zero-order chi connectivity index (χ0) is 12.6. The van der Waals surface area contributed by atoms with E-state index in [1.165, 1.54) is 18.2 Å². The number of urea groups is 1. The van der Waals surface area contributed by atoms with E-state index in [1.807, 2.05) is 0 Å². The number of imide groups is 1. The predicted molar refractivity (Wildman–Crippen MR) is 58.6 cm³/mol. The van der Waals surface area contributed by atoms with Gasteiger partial charge in [-0.05, 0) is 13.0 Å². The molecule has 0 fully saturated rings. The van der Waals surface area contributed by atoms with Gasteiger partial charge in [0, 0.05) is 6.54 Å². The monoisotopic (exact) mass is 234 g/mol. The van der Waals surface area contributed by atoms with Crippen molar-refractivity contribution < 1.29 is 19.5 Å². The third kappa shape index (κ3) is 1.77. The molecule has 0 aromatic rings. The van der Waals surface area contributed by atoms with Gasteiger partial charge in [0.15, 0.2) is 0 Å². The van der Waals surface area contributed by atoms with Crippen LogP contribution in [0.15, 0.2) is 28.8 Å². The number of hydrogen-bond donors (Lipinski definition) is 1. The third-order valence-electron chi connectivity index (χ3n) is 2.64. The number of carboxylic acids is 1. The maximum absolute atomic E-state index is 11.9. The first-order valence-electron chi connectivity index (χ1n) is 5.11. The lowest BCUT2D eigenvalue weighted by atomic mass is 9.92. The lowest BCUT2D eigenvalue weighted by Crippen LogP contribution is -2.46. The van der Waals surface area contributed by atoms with Crippen LogP contribution in [0.2, 0.25) is 0 Å². The number of rotatable bonds is 2. The first kappa shape index (κ1) is 11.3. The van der Waals surface area contributed by atoms with Gasteiger partial charge in [0.1, 0.15) is 0 Å². The number of aliphatic carboxylic acids is 1. The molecule has 0 saturated heterocycles. The Morgan fingerprint density at radius 1 is 1.53 bits per heavy atom. The Balaban J connectivity index is 2.42. The SMILES string of the molecule is CCN1C(=O)N=C2C=C(C(=O)O)C=CC2C1=O. The zero-order valence-electron chi connectivity index (χ0n) is 9.08. The average Bonchev–Trinajstić information content (AvgIpc) is 2.28. The summed E-state index contributed by atoms with van der Waals surface area (Å²) in [5, 5.41) is 8.80. The molecule has 88 valence electrons. The minimum absolute atomic E-state index is 0.0190. The van der Waals surface area contributed by atoms with Gasteiger partial charge in [0.2, 0.25) is 5.91 Å². The molecule has 3 amide bonds. The van der Waals surface area contributed by atoms with Gasteiger partial charge in [0.05, 0.1) is 17.2 Å². The zero-order valence-corrected chi connectivity index (χ0v) is 9.08. The van der Waals surface area contributed by atoms with Gasteiger partial charge >= 0.3 is 12.0 Å². The molecule has 1 atom stereocenters. The summed E-state index contributed by atoms with van der Waals surface area (Å²) in [4.78, 5) is 38.9. The van der Waals surface area contributed by atoms with E-state index in [4.69, 9.17) is 5.11 Å². The van der Waals surface area contributed by atoms with Gasteiger partial charge in [-0.15, -0.1) is 0 Å². The van der Waals surface area contributed by atoms with Gasteiger partial charge in [-0.25, -0.2) is 9.59 Å². The number of carbonyl (C=O) groups is 3. The van der Waals surface area contributed by atoms with Crippen molar-refractivity contribution in [3.63, 3.8) is 0 Å². The number of aliphatic imine (C=N–C) groups is 1. The van der Waals surface area contributed by atoms with Crippen molar-refractivity contribution in [1.82, 2.24) is 4.90 Å². The average molecular weight is 234 g/mol. The fourth-order valence-electron chi connectivity index (χ4n) is 1.76. The second-order valence-electron chi connectivity index (χ2n) is 3.64. The van der Waals surface area contributed by atoms with Crippen LogP contribution in [0.5, 0.6) is 0 Å².